The van der Waals surface area contributed by atoms with E-state index in [1.807, 2.05) is 45.0 Å². The SMILES string of the molecule is Cc1ccc(Cl)cc1NC(=O)CSc1nnnn1-c1cccc(C)c1C. The number of halogens is 1. The first-order valence-corrected chi connectivity index (χ1v) is 9.36. The molecule has 0 unspecified atom stereocenters. The van der Waals surface area contributed by atoms with Gasteiger partial charge in [-0.2, -0.15) is 4.68 Å². The summed E-state index contributed by atoms with van der Waals surface area (Å²) in [7, 11) is 0. The predicted molar refractivity (Wildman–Crippen MR) is 104 cm³/mol. The zero-order valence-electron chi connectivity index (χ0n) is 14.7. The number of anilines is 1. The van der Waals surface area contributed by atoms with Crippen LogP contribution in [0.5, 0.6) is 0 Å². The molecule has 26 heavy (non-hydrogen) atoms. The van der Waals surface area contributed by atoms with E-state index in [1.165, 1.54) is 11.8 Å². The van der Waals surface area contributed by atoms with Gasteiger partial charge in [-0.25, -0.2) is 0 Å². The smallest absolute Gasteiger partial charge is 0.234 e. The Balaban J connectivity index is 1.71. The summed E-state index contributed by atoms with van der Waals surface area (Å²) < 4.78 is 1.66. The van der Waals surface area contributed by atoms with E-state index in [0.717, 1.165) is 22.4 Å². The van der Waals surface area contributed by atoms with Crippen LogP contribution in [0.1, 0.15) is 16.7 Å². The number of nitrogens with one attached hydrogen (secondary N) is 1. The van der Waals surface area contributed by atoms with Crippen LogP contribution in [0.4, 0.5) is 5.69 Å². The van der Waals surface area contributed by atoms with Gasteiger partial charge in [0.25, 0.3) is 0 Å². The van der Waals surface area contributed by atoms with Gasteiger partial charge in [-0.05, 0) is 66.1 Å². The summed E-state index contributed by atoms with van der Waals surface area (Å²) in [5, 5.41) is 15.9. The highest BCUT2D eigenvalue weighted by Gasteiger charge is 2.14. The zero-order valence-corrected chi connectivity index (χ0v) is 16.2. The van der Waals surface area contributed by atoms with Crippen molar-refractivity contribution >= 4 is 35.0 Å². The van der Waals surface area contributed by atoms with Gasteiger partial charge in [0.2, 0.25) is 11.1 Å². The lowest BCUT2D eigenvalue weighted by Crippen LogP contribution is -2.15. The van der Waals surface area contributed by atoms with Crippen LogP contribution in [0, 0.1) is 20.8 Å². The Kier molecular flexibility index (Phi) is 5.58. The number of aryl methyl sites for hydroxylation is 2. The minimum atomic E-state index is -0.143. The molecule has 134 valence electrons. The monoisotopic (exact) mass is 387 g/mol. The van der Waals surface area contributed by atoms with Gasteiger partial charge in [0.15, 0.2) is 0 Å². The minimum absolute atomic E-state index is 0.143. The highest BCUT2D eigenvalue weighted by Crippen LogP contribution is 2.24. The second-order valence-corrected chi connectivity index (χ2v) is 7.27. The molecule has 1 aromatic heterocycles. The number of amides is 1. The number of carbonyl (C=O) groups excluding carboxylic acids is 1. The van der Waals surface area contributed by atoms with Gasteiger partial charge in [0.1, 0.15) is 0 Å². The summed E-state index contributed by atoms with van der Waals surface area (Å²) in [6.07, 6.45) is 0. The van der Waals surface area contributed by atoms with Crippen LogP contribution in [0.25, 0.3) is 5.69 Å². The van der Waals surface area contributed by atoms with Crippen LogP contribution in [-0.4, -0.2) is 31.9 Å². The molecule has 0 bridgehead atoms. The average molecular weight is 388 g/mol. The van der Waals surface area contributed by atoms with Gasteiger partial charge < -0.3 is 5.32 Å². The van der Waals surface area contributed by atoms with Crippen LogP contribution in [0.3, 0.4) is 0 Å². The molecule has 0 saturated carbocycles. The number of hydrogen-bond acceptors (Lipinski definition) is 5. The largest absolute Gasteiger partial charge is 0.325 e. The molecule has 3 rings (SSSR count). The van der Waals surface area contributed by atoms with Crippen molar-refractivity contribution in [3.63, 3.8) is 0 Å². The van der Waals surface area contributed by atoms with Crippen molar-refractivity contribution in [3.05, 3.63) is 58.1 Å². The van der Waals surface area contributed by atoms with Gasteiger partial charge in [0, 0.05) is 10.7 Å². The van der Waals surface area contributed by atoms with Gasteiger partial charge in [0.05, 0.1) is 11.4 Å². The second-order valence-electron chi connectivity index (χ2n) is 5.89. The molecule has 0 aliphatic rings. The molecule has 0 aliphatic carbocycles. The number of rotatable bonds is 5. The van der Waals surface area contributed by atoms with E-state index in [9.17, 15) is 4.79 Å². The normalized spacial score (nSPS) is 10.8. The Morgan fingerprint density at radius 1 is 1.19 bits per heavy atom. The lowest BCUT2D eigenvalue weighted by atomic mass is 10.1. The number of aromatic nitrogens is 4. The summed E-state index contributed by atoms with van der Waals surface area (Å²) >= 11 is 7.27. The maximum absolute atomic E-state index is 12.3. The molecule has 6 nitrogen and oxygen atoms in total. The summed E-state index contributed by atoms with van der Waals surface area (Å²) in [4.78, 5) is 12.3. The lowest BCUT2D eigenvalue weighted by molar-refractivity contribution is -0.113. The summed E-state index contributed by atoms with van der Waals surface area (Å²) in [5.41, 5.74) is 4.82. The molecular formula is C18H18ClN5OS. The average Bonchev–Trinajstić information content (AvgIpc) is 3.07. The molecule has 1 heterocycles. The molecule has 8 heteroatoms. The Morgan fingerprint density at radius 2 is 2.00 bits per heavy atom. The fraction of sp³-hybridized carbons (Fsp3) is 0.222. The van der Waals surface area contributed by atoms with E-state index in [0.29, 0.717) is 15.9 Å². The van der Waals surface area contributed by atoms with Crippen LogP contribution in [-0.2, 0) is 4.79 Å². The summed E-state index contributed by atoms with van der Waals surface area (Å²) in [6.45, 7) is 5.98. The minimum Gasteiger partial charge on any atom is -0.325 e. The van der Waals surface area contributed by atoms with Crippen LogP contribution in [0.15, 0.2) is 41.6 Å². The van der Waals surface area contributed by atoms with E-state index < -0.39 is 0 Å². The first-order chi connectivity index (χ1) is 12.5. The summed E-state index contributed by atoms with van der Waals surface area (Å²) in [6, 6.07) is 11.3. The number of nitrogens with zero attached hydrogens (tertiary/aromatic N) is 4. The first-order valence-electron chi connectivity index (χ1n) is 7.99. The van der Waals surface area contributed by atoms with Gasteiger partial charge in [-0.1, -0.05) is 41.6 Å². The number of benzene rings is 2. The van der Waals surface area contributed by atoms with E-state index in [-0.39, 0.29) is 11.7 Å². The molecule has 0 saturated heterocycles. The Morgan fingerprint density at radius 3 is 2.81 bits per heavy atom. The molecule has 0 atom stereocenters. The van der Waals surface area contributed by atoms with Crippen molar-refractivity contribution in [2.75, 3.05) is 11.1 Å². The fourth-order valence-electron chi connectivity index (χ4n) is 2.43. The molecular weight excluding hydrogens is 370 g/mol. The molecule has 0 radical (unpaired) electrons. The zero-order chi connectivity index (χ0) is 18.7. The standard InChI is InChI=1S/C18H18ClN5OS/c1-11-5-4-6-16(13(11)3)24-18(21-22-23-24)26-10-17(25)20-15-9-14(19)8-7-12(15)2/h4-9H,10H2,1-3H3,(H,20,25). The highest BCUT2D eigenvalue weighted by molar-refractivity contribution is 7.99. The molecule has 0 spiro atoms. The molecule has 3 aromatic rings. The predicted octanol–water partition coefficient (Wildman–Crippen LogP) is 3.97. The third kappa shape index (κ3) is 4.05. The maximum Gasteiger partial charge on any atom is 0.234 e. The van der Waals surface area contributed by atoms with Crippen molar-refractivity contribution in [2.45, 2.75) is 25.9 Å². The molecule has 0 aliphatic heterocycles. The van der Waals surface area contributed by atoms with Crippen molar-refractivity contribution in [3.8, 4) is 5.69 Å². The number of thioether (sulfide) groups is 1. The van der Waals surface area contributed by atoms with Crippen molar-refractivity contribution < 1.29 is 4.79 Å². The van der Waals surface area contributed by atoms with Gasteiger partial charge >= 0.3 is 0 Å². The van der Waals surface area contributed by atoms with Crippen LogP contribution < -0.4 is 5.32 Å². The molecule has 1 amide bonds. The highest BCUT2D eigenvalue weighted by atomic mass is 35.5. The topological polar surface area (TPSA) is 72.7 Å². The van der Waals surface area contributed by atoms with Gasteiger partial charge in [-0.15, -0.1) is 5.10 Å². The molecule has 0 fully saturated rings. The lowest BCUT2D eigenvalue weighted by Gasteiger charge is -2.10. The van der Waals surface area contributed by atoms with Crippen molar-refractivity contribution in [1.29, 1.82) is 0 Å². The first kappa shape index (κ1) is 18.4. The Hall–Kier alpha value is -2.38. The van der Waals surface area contributed by atoms with E-state index in [2.05, 4.69) is 20.8 Å². The second kappa shape index (κ2) is 7.88. The van der Waals surface area contributed by atoms with Crippen LogP contribution in [0.2, 0.25) is 5.02 Å². The van der Waals surface area contributed by atoms with Gasteiger partial charge in [-0.3, -0.25) is 4.79 Å². The number of carbonyl (C=O) groups is 1. The molecule has 1 N–H and O–H groups in total. The van der Waals surface area contributed by atoms with E-state index in [4.69, 9.17) is 11.6 Å². The number of tetrazole rings is 1. The number of hydrogen-bond donors (Lipinski definition) is 1. The Bertz CT molecular complexity index is 957. The maximum atomic E-state index is 12.3. The molecule has 2 aromatic carbocycles. The van der Waals surface area contributed by atoms with Crippen LogP contribution >= 0.6 is 23.4 Å². The third-order valence-electron chi connectivity index (χ3n) is 4.05. The summed E-state index contributed by atoms with van der Waals surface area (Å²) in [5.74, 6) is 0.0490. The fourth-order valence-corrected chi connectivity index (χ4v) is 3.29. The third-order valence-corrected chi connectivity index (χ3v) is 5.21. The Labute approximate surface area is 160 Å². The van der Waals surface area contributed by atoms with Crippen molar-refractivity contribution in [1.82, 2.24) is 20.2 Å². The van der Waals surface area contributed by atoms with E-state index >= 15 is 0 Å². The quantitative estimate of drug-likeness (QED) is 0.670. The van der Waals surface area contributed by atoms with E-state index in [1.54, 1.807) is 16.8 Å². The van der Waals surface area contributed by atoms with Crippen molar-refractivity contribution in [2.24, 2.45) is 0 Å².